The first-order valence-electron chi connectivity index (χ1n) is 7.08. The van der Waals surface area contributed by atoms with E-state index in [2.05, 4.69) is 26.9 Å². The Morgan fingerprint density at radius 2 is 1.96 bits per heavy atom. The second-order valence-corrected chi connectivity index (χ2v) is 6.88. The van der Waals surface area contributed by atoms with Crippen LogP contribution in [0.5, 0.6) is 0 Å². The van der Waals surface area contributed by atoms with Crippen LogP contribution in [-0.2, 0) is 0 Å². The van der Waals surface area contributed by atoms with Gasteiger partial charge in [-0.3, -0.25) is 0 Å². The van der Waals surface area contributed by atoms with Crippen molar-refractivity contribution in [2.24, 2.45) is 4.99 Å². The summed E-state index contributed by atoms with van der Waals surface area (Å²) in [7, 11) is 0. The fourth-order valence-electron chi connectivity index (χ4n) is 2.54. The van der Waals surface area contributed by atoms with Gasteiger partial charge in [-0.05, 0) is 42.8 Å². The fourth-order valence-corrected chi connectivity index (χ4v) is 3.19. The molecule has 0 amide bonds. The number of aliphatic imine (C=N–C) groups is 1. The van der Waals surface area contributed by atoms with Gasteiger partial charge in [0, 0.05) is 23.1 Å². The Hall–Kier alpha value is -1.54. The predicted octanol–water partition coefficient (Wildman–Crippen LogP) is 5.96. The smallest absolute Gasteiger partial charge is 0.109 e. The van der Waals surface area contributed by atoms with E-state index >= 15 is 0 Å². The summed E-state index contributed by atoms with van der Waals surface area (Å²) in [5, 5.41) is 10.3. The molecule has 0 aliphatic carbocycles. The first-order chi connectivity index (χ1) is 11.1. The van der Waals surface area contributed by atoms with E-state index in [0.717, 1.165) is 35.4 Å². The lowest BCUT2D eigenvalue weighted by molar-refractivity contribution is 0.956. The first kappa shape index (κ1) is 16.3. The van der Waals surface area contributed by atoms with E-state index in [1.165, 1.54) is 0 Å². The van der Waals surface area contributed by atoms with E-state index in [4.69, 9.17) is 28.2 Å². The number of rotatable bonds is 2. The number of amidine groups is 1. The van der Waals surface area contributed by atoms with Crippen molar-refractivity contribution in [3.8, 4) is 6.07 Å². The average molecular weight is 409 g/mol. The molecule has 6 heteroatoms. The van der Waals surface area contributed by atoms with Crippen molar-refractivity contribution in [2.75, 3.05) is 11.4 Å². The Kier molecular flexibility index (Phi) is 4.91. The molecular formula is C17H12BrCl2N3. The predicted molar refractivity (Wildman–Crippen MR) is 99.0 cm³/mol. The molecule has 0 saturated carbocycles. The minimum Gasteiger partial charge on any atom is -0.330 e. The van der Waals surface area contributed by atoms with Crippen molar-refractivity contribution in [1.82, 2.24) is 0 Å². The standard InChI is InChI=1S/C17H12BrCl2N3/c18-12-3-6-16(11(8-12)10-21)22-17-2-1-7-23(17)13-4-5-14(19)15(20)9-13/h3-6,8-9H,1-2,7H2. The van der Waals surface area contributed by atoms with Crippen LogP contribution in [0.2, 0.25) is 10.0 Å². The summed E-state index contributed by atoms with van der Waals surface area (Å²) >= 11 is 15.5. The van der Waals surface area contributed by atoms with E-state index in [9.17, 15) is 5.26 Å². The second kappa shape index (κ2) is 6.92. The minimum absolute atomic E-state index is 0.525. The topological polar surface area (TPSA) is 39.4 Å². The maximum absolute atomic E-state index is 9.28. The summed E-state index contributed by atoms with van der Waals surface area (Å²) in [6.07, 6.45) is 1.87. The van der Waals surface area contributed by atoms with Gasteiger partial charge in [0.15, 0.2) is 0 Å². The molecule has 23 heavy (non-hydrogen) atoms. The third-order valence-corrected chi connectivity index (χ3v) is 4.87. The molecular weight excluding hydrogens is 397 g/mol. The van der Waals surface area contributed by atoms with Crippen LogP contribution in [0.15, 0.2) is 45.9 Å². The van der Waals surface area contributed by atoms with Crippen LogP contribution < -0.4 is 4.90 Å². The normalized spacial score (nSPS) is 15.9. The first-order valence-corrected chi connectivity index (χ1v) is 8.63. The van der Waals surface area contributed by atoms with Crippen molar-refractivity contribution in [3.63, 3.8) is 0 Å². The van der Waals surface area contributed by atoms with Crippen LogP contribution in [0.1, 0.15) is 18.4 Å². The lowest BCUT2D eigenvalue weighted by atomic mass is 10.2. The quantitative estimate of drug-likeness (QED) is 0.614. The monoisotopic (exact) mass is 407 g/mol. The molecule has 0 bridgehead atoms. The van der Waals surface area contributed by atoms with Crippen LogP contribution in [-0.4, -0.2) is 12.4 Å². The lowest BCUT2D eigenvalue weighted by Crippen LogP contribution is -2.23. The Labute approximate surface area is 153 Å². The van der Waals surface area contributed by atoms with Crippen molar-refractivity contribution in [2.45, 2.75) is 12.8 Å². The zero-order valence-electron chi connectivity index (χ0n) is 12.1. The Morgan fingerprint density at radius 1 is 1.13 bits per heavy atom. The maximum Gasteiger partial charge on any atom is 0.109 e. The fraction of sp³-hybridized carbons (Fsp3) is 0.176. The molecule has 0 radical (unpaired) electrons. The molecule has 0 unspecified atom stereocenters. The highest BCUT2D eigenvalue weighted by atomic mass is 79.9. The van der Waals surface area contributed by atoms with E-state index in [1.807, 2.05) is 24.3 Å². The molecule has 0 spiro atoms. The molecule has 0 N–H and O–H groups in total. The summed E-state index contributed by atoms with van der Waals surface area (Å²) in [6.45, 7) is 0.870. The number of nitrogens with zero attached hydrogens (tertiary/aromatic N) is 3. The number of hydrogen-bond acceptors (Lipinski definition) is 2. The van der Waals surface area contributed by atoms with Crippen LogP contribution in [0.4, 0.5) is 11.4 Å². The van der Waals surface area contributed by atoms with Gasteiger partial charge in [0.25, 0.3) is 0 Å². The van der Waals surface area contributed by atoms with Gasteiger partial charge in [0.2, 0.25) is 0 Å². The number of nitriles is 1. The summed E-state index contributed by atoms with van der Waals surface area (Å²) in [6, 6.07) is 13.3. The highest BCUT2D eigenvalue weighted by Gasteiger charge is 2.21. The Balaban J connectivity index is 1.98. The molecule has 3 nitrogen and oxygen atoms in total. The highest BCUT2D eigenvalue weighted by Crippen LogP contribution is 2.31. The molecule has 0 atom stereocenters. The van der Waals surface area contributed by atoms with E-state index in [1.54, 1.807) is 12.1 Å². The van der Waals surface area contributed by atoms with Gasteiger partial charge in [0.05, 0.1) is 21.3 Å². The molecule has 1 heterocycles. The zero-order valence-corrected chi connectivity index (χ0v) is 15.2. The van der Waals surface area contributed by atoms with Crippen molar-refractivity contribution in [3.05, 3.63) is 56.5 Å². The molecule has 1 aliphatic heterocycles. The van der Waals surface area contributed by atoms with Crippen molar-refractivity contribution in [1.29, 1.82) is 5.26 Å². The van der Waals surface area contributed by atoms with Gasteiger partial charge < -0.3 is 4.90 Å². The molecule has 2 aromatic carbocycles. The van der Waals surface area contributed by atoms with E-state index < -0.39 is 0 Å². The van der Waals surface area contributed by atoms with Crippen LogP contribution in [0.3, 0.4) is 0 Å². The Bertz CT molecular complexity index is 827. The van der Waals surface area contributed by atoms with Crippen molar-refractivity contribution >= 4 is 56.3 Å². The van der Waals surface area contributed by atoms with Gasteiger partial charge in [-0.2, -0.15) is 5.26 Å². The number of hydrogen-bond donors (Lipinski definition) is 0. The molecule has 1 aliphatic rings. The van der Waals surface area contributed by atoms with E-state index in [0.29, 0.717) is 21.3 Å². The summed E-state index contributed by atoms with van der Waals surface area (Å²) in [5.74, 6) is 0.933. The number of anilines is 1. The third-order valence-electron chi connectivity index (χ3n) is 3.64. The zero-order chi connectivity index (χ0) is 16.4. The average Bonchev–Trinajstić information content (AvgIpc) is 3.00. The summed E-state index contributed by atoms with van der Waals surface area (Å²) < 4.78 is 0.866. The Morgan fingerprint density at radius 3 is 2.70 bits per heavy atom. The van der Waals surface area contributed by atoms with Crippen LogP contribution in [0, 0.1) is 11.3 Å². The lowest BCUT2D eigenvalue weighted by Gasteiger charge is -2.19. The second-order valence-electron chi connectivity index (χ2n) is 5.15. The summed E-state index contributed by atoms with van der Waals surface area (Å²) in [4.78, 5) is 6.82. The van der Waals surface area contributed by atoms with Gasteiger partial charge >= 0.3 is 0 Å². The van der Waals surface area contributed by atoms with Crippen LogP contribution in [0.25, 0.3) is 0 Å². The largest absolute Gasteiger partial charge is 0.330 e. The molecule has 1 saturated heterocycles. The van der Waals surface area contributed by atoms with Crippen molar-refractivity contribution < 1.29 is 0 Å². The molecule has 116 valence electrons. The number of halogens is 3. The summed E-state index contributed by atoms with van der Waals surface area (Å²) in [5.41, 5.74) is 2.19. The van der Waals surface area contributed by atoms with Gasteiger partial charge in [-0.1, -0.05) is 39.1 Å². The van der Waals surface area contributed by atoms with Crippen LogP contribution >= 0.6 is 39.1 Å². The van der Waals surface area contributed by atoms with Gasteiger partial charge in [-0.15, -0.1) is 0 Å². The number of benzene rings is 2. The maximum atomic E-state index is 9.28. The SMILES string of the molecule is N#Cc1cc(Br)ccc1N=C1CCCN1c1ccc(Cl)c(Cl)c1. The highest BCUT2D eigenvalue weighted by molar-refractivity contribution is 9.10. The van der Waals surface area contributed by atoms with Gasteiger partial charge in [-0.25, -0.2) is 4.99 Å². The van der Waals surface area contributed by atoms with Gasteiger partial charge in [0.1, 0.15) is 11.9 Å². The molecule has 1 fully saturated rings. The minimum atomic E-state index is 0.525. The molecule has 0 aromatic heterocycles. The molecule has 3 rings (SSSR count). The van der Waals surface area contributed by atoms with E-state index in [-0.39, 0.29) is 0 Å². The third kappa shape index (κ3) is 3.53. The molecule has 2 aromatic rings.